The van der Waals surface area contributed by atoms with Gasteiger partial charge in [-0.05, 0) is 5.56 Å². The third-order valence-corrected chi connectivity index (χ3v) is 2.23. The highest BCUT2D eigenvalue weighted by atomic mass is 19.3. The molecule has 1 N–H and O–H groups in total. The lowest BCUT2D eigenvalue weighted by Gasteiger charge is -1.98. The van der Waals surface area contributed by atoms with Gasteiger partial charge in [-0.15, -0.1) is 0 Å². The summed E-state index contributed by atoms with van der Waals surface area (Å²) in [5.41, 5.74) is -0.267. The maximum Gasteiger partial charge on any atom is 0.369 e. The molecule has 0 unspecified atom stereocenters. The number of aromatic amines is 1. The van der Waals surface area contributed by atoms with E-state index in [1.807, 2.05) is 6.07 Å². The van der Waals surface area contributed by atoms with E-state index < -0.39 is 18.1 Å². The monoisotopic (exact) mass is 265 g/mol. The number of aromatic nitrogens is 2. The Hall–Kier alpha value is -2.57. The van der Waals surface area contributed by atoms with Crippen molar-refractivity contribution in [2.24, 2.45) is 5.16 Å². The minimum Gasteiger partial charge on any atom is -0.313 e. The number of alkyl halides is 2. The summed E-state index contributed by atoms with van der Waals surface area (Å²) in [7, 11) is 0. The molecule has 1 aromatic carbocycles. The number of H-pyrrole nitrogens is 1. The highest BCUT2D eigenvalue weighted by Crippen LogP contribution is 2.20. The minimum absolute atomic E-state index is 0.333. The van der Waals surface area contributed by atoms with Crippen molar-refractivity contribution < 1.29 is 18.4 Å². The van der Waals surface area contributed by atoms with Gasteiger partial charge in [0.1, 0.15) is 11.3 Å². The van der Waals surface area contributed by atoms with Crippen LogP contribution in [0.5, 0.6) is 0 Å². The van der Waals surface area contributed by atoms with Gasteiger partial charge in [-0.25, -0.2) is 13.6 Å². The Morgan fingerprint density at radius 2 is 2.11 bits per heavy atom. The largest absolute Gasteiger partial charge is 0.369 e. The van der Waals surface area contributed by atoms with E-state index >= 15 is 0 Å². The van der Waals surface area contributed by atoms with Gasteiger partial charge < -0.3 is 4.84 Å². The van der Waals surface area contributed by atoms with Crippen LogP contribution < -0.4 is 0 Å². The molecule has 0 aliphatic carbocycles. The van der Waals surface area contributed by atoms with Crippen molar-refractivity contribution in [2.45, 2.75) is 6.43 Å². The minimum atomic E-state index is -2.85. The van der Waals surface area contributed by atoms with Crippen LogP contribution in [-0.4, -0.2) is 22.4 Å². The van der Waals surface area contributed by atoms with E-state index in [1.54, 1.807) is 24.3 Å². The number of halogens is 2. The number of carbonyl (C=O) groups is 1. The standard InChI is InChI=1S/C12H9F2N3O2/c13-11(14)10-9(7-15-17-10)12(18)19-16-6-8-4-2-1-3-5-8/h1-7,11H,(H,15,17)/b16-6+. The summed E-state index contributed by atoms with van der Waals surface area (Å²) in [6.45, 7) is 0. The van der Waals surface area contributed by atoms with E-state index in [2.05, 4.69) is 20.2 Å². The normalized spacial score (nSPS) is 11.1. The Labute approximate surface area is 106 Å². The van der Waals surface area contributed by atoms with Crippen LogP contribution in [-0.2, 0) is 4.84 Å². The molecule has 7 heteroatoms. The van der Waals surface area contributed by atoms with Crippen molar-refractivity contribution in [3.05, 3.63) is 53.3 Å². The molecular weight excluding hydrogens is 256 g/mol. The first-order valence-electron chi connectivity index (χ1n) is 5.30. The van der Waals surface area contributed by atoms with E-state index in [0.717, 1.165) is 11.8 Å². The smallest absolute Gasteiger partial charge is 0.313 e. The lowest BCUT2D eigenvalue weighted by Crippen LogP contribution is -2.04. The van der Waals surface area contributed by atoms with Crippen molar-refractivity contribution in [3.8, 4) is 0 Å². The van der Waals surface area contributed by atoms with Gasteiger partial charge in [-0.1, -0.05) is 35.5 Å². The van der Waals surface area contributed by atoms with Crippen molar-refractivity contribution in [2.75, 3.05) is 0 Å². The summed E-state index contributed by atoms with van der Waals surface area (Å²) in [4.78, 5) is 16.0. The third kappa shape index (κ3) is 3.21. The summed E-state index contributed by atoms with van der Waals surface area (Å²) in [5, 5.41) is 8.90. The Morgan fingerprint density at radius 3 is 2.79 bits per heavy atom. The summed E-state index contributed by atoms with van der Waals surface area (Å²) in [6.07, 6.45) is -0.506. The van der Waals surface area contributed by atoms with E-state index in [0.29, 0.717) is 0 Å². The average molecular weight is 265 g/mol. The third-order valence-electron chi connectivity index (χ3n) is 2.23. The lowest BCUT2D eigenvalue weighted by atomic mass is 10.2. The highest BCUT2D eigenvalue weighted by molar-refractivity contribution is 5.91. The number of oxime groups is 1. The molecule has 0 aliphatic heterocycles. The van der Waals surface area contributed by atoms with Crippen molar-refractivity contribution in [1.29, 1.82) is 0 Å². The quantitative estimate of drug-likeness (QED) is 0.524. The molecule has 1 aromatic heterocycles. The van der Waals surface area contributed by atoms with Gasteiger partial charge in [-0.2, -0.15) is 5.10 Å². The molecule has 0 radical (unpaired) electrons. The number of nitrogens with one attached hydrogen (secondary N) is 1. The van der Waals surface area contributed by atoms with Crippen LogP contribution in [0, 0.1) is 0 Å². The van der Waals surface area contributed by atoms with Crippen molar-refractivity contribution >= 4 is 12.2 Å². The zero-order valence-electron chi connectivity index (χ0n) is 9.59. The Morgan fingerprint density at radius 1 is 1.37 bits per heavy atom. The highest BCUT2D eigenvalue weighted by Gasteiger charge is 2.22. The number of hydrogen-bond donors (Lipinski definition) is 1. The fraction of sp³-hybridized carbons (Fsp3) is 0.0833. The summed E-state index contributed by atoms with van der Waals surface area (Å²) < 4.78 is 25.0. The molecule has 98 valence electrons. The predicted octanol–water partition coefficient (Wildman–Crippen LogP) is 2.54. The number of carbonyl (C=O) groups excluding carboxylic acids is 1. The average Bonchev–Trinajstić information content (AvgIpc) is 2.89. The van der Waals surface area contributed by atoms with Gasteiger partial charge in [0.05, 0.1) is 6.21 Å². The second kappa shape index (κ2) is 5.85. The topological polar surface area (TPSA) is 67.3 Å². The van der Waals surface area contributed by atoms with Crippen LogP contribution in [0.15, 0.2) is 41.7 Å². The molecule has 0 fully saturated rings. The molecule has 1 heterocycles. The van der Waals surface area contributed by atoms with E-state index in [9.17, 15) is 13.6 Å². The van der Waals surface area contributed by atoms with Crippen LogP contribution in [0.1, 0.15) is 28.0 Å². The molecule has 0 bridgehead atoms. The number of rotatable bonds is 4. The van der Waals surface area contributed by atoms with Gasteiger partial charge in [0, 0.05) is 6.20 Å². The predicted molar refractivity (Wildman–Crippen MR) is 63.0 cm³/mol. The molecule has 0 atom stereocenters. The number of hydrogen-bond acceptors (Lipinski definition) is 4. The maximum absolute atomic E-state index is 12.5. The number of nitrogens with zero attached hydrogens (tertiary/aromatic N) is 2. The van der Waals surface area contributed by atoms with Gasteiger partial charge in [-0.3, -0.25) is 5.10 Å². The zero-order chi connectivity index (χ0) is 13.7. The molecule has 5 nitrogen and oxygen atoms in total. The maximum atomic E-state index is 12.5. The Kier molecular flexibility index (Phi) is 3.97. The fourth-order valence-electron chi connectivity index (χ4n) is 1.35. The van der Waals surface area contributed by atoms with Gasteiger partial charge in [0.2, 0.25) is 0 Å². The second-order valence-corrected chi connectivity index (χ2v) is 3.51. The molecule has 2 aromatic rings. The first-order chi connectivity index (χ1) is 9.18. The Balaban J connectivity index is 2.02. The van der Waals surface area contributed by atoms with Crippen LogP contribution in [0.2, 0.25) is 0 Å². The second-order valence-electron chi connectivity index (χ2n) is 3.51. The zero-order valence-corrected chi connectivity index (χ0v) is 9.59. The molecule has 2 rings (SSSR count). The van der Waals surface area contributed by atoms with Crippen molar-refractivity contribution in [1.82, 2.24) is 10.2 Å². The Bertz CT molecular complexity index is 582. The van der Waals surface area contributed by atoms with E-state index in [4.69, 9.17) is 0 Å². The molecule has 0 amide bonds. The first-order valence-corrected chi connectivity index (χ1v) is 5.30. The van der Waals surface area contributed by atoms with Crippen LogP contribution in [0.4, 0.5) is 8.78 Å². The summed E-state index contributed by atoms with van der Waals surface area (Å²) >= 11 is 0. The molecule has 0 aliphatic rings. The summed E-state index contributed by atoms with van der Waals surface area (Å²) in [5.74, 6) is -0.990. The van der Waals surface area contributed by atoms with E-state index in [1.165, 1.54) is 6.21 Å². The van der Waals surface area contributed by atoms with Gasteiger partial charge in [0.15, 0.2) is 0 Å². The molecule has 19 heavy (non-hydrogen) atoms. The van der Waals surface area contributed by atoms with Crippen LogP contribution in [0.25, 0.3) is 0 Å². The van der Waals surface area contributed by atoms with Gasteiger partial charge >= 0.3 is 5.97 Å². The first kappa shape index (κ1) is 12.9. The van der Waals surface area contributed by atoms with Crippen LogP contribution >= 0.6 is 0 Å². The van der Waals surface area contributed by atoms with Crippen LogP contribution in [0.3, 0.4) is 0 Å². The summed E-state index contributed by atoms with van der Waals surface area (Å²) in [6, 6.07) is 8.89. The molecule has 0 saturated carbocycles. The van der Waals surface area contributed by atoms with Crippen molar-refractivity contribution in [3.63, 3.8) is 0 Å². The van der Waals surface area contributed by atoms with Gasteiger partial charge in [0.25, 0.3) is 6.43 Å². The SMILES string of the molecule is O=C(O/N=C/c1ccccc1)c1c[nH]nc1C(F)F. The lowest BCUT2D eigenvalue weighted by molar-refractivity contribution is 0.0508. The molecule has 0 spiro atoms. The molecule has 0 saturated heterocycles. The number of benzene rings is 1. The molecular formula is C12H9F2N3O2. The fourth-order valence-corrected chi connectivity index (χ4v) is 1.35. The van der Waals surface area contributed by atoms with E-state index in [-0.39, 0.29) is 5.56 Å².